The number of carbonyl (C=O) groups is 1. The van der Waals surface area contributed by atoms with Crippen LogP contribution in [0.1, 0.15) is 39.7 Å². The van der Waals surface area contributed by atoms with Crippen molar-refractivity contribution in [3.8, 4) is 11.8 Å². The zero-order valence-electron chi connectivity index (χ0n) is 21.2. The molecule has 0 atom stereocenters. The Balaban J connectivity index is 1.30. The van der Waals surface area contributed by atoms with Gasteiger partial charge in [-0.25, -0.2) is 15.0 Å². The first-order chi connectivity index (χ1) is 18.8. The van der Waals surface area contributed by atoms with E-state index in [0.29, 0.717) is 30.0 Å². The van der Waals surface area contributed by atoms with Crippen LogP contribution in [0, 0.1) is 11.8 Å². The maximum Gasteiger partial charge on any atom is 0.416 e. The van der Waals surface area contributed by atoms with Crippen LogP contribution in [-0.4, -0.2) is 67.8 Å². The number of imidazole rings is 1. The van der Waals surface area contributed by atoms with Gasteiger partial charge in [0.1, 0.15) is 11.5 Å². The van der Waals surface area contributed by atoms with Gasteiger partial charge >= 0.3 is 6.18 Å². The van der Waals surface area contributed by atoms with E-state index in [1.807, 2.05) is 4.90 Å². The Morgan fingerprint density at radius 2 is 1.79 bits per heavy atom. The van der Waals surface area contributed by atoms with Crippen LogP contribution >= 0.6 is 0 Å². The molecule has 0 bridgehead atoms. The Labute approximate surface area is 223 Å². The van der Waals surface area contributed by atoms with E-state index < -0.39 is 17.6 Å². The fourth-order valence-electron chi connectivity index (χ4n) is 4.42. The number of nitrogens with zero attached hydrogens (tertiary/aromatic N) is 6. The van der Waals surface area contributed by atoms with Crippen molar-refractivity contribution in [2.75, 3.05) is 38.0 Å². The molecule has 1 amide bonds. The lowest BCUT2D eigenvalue weighted by Gasteiger charge is -2.34. The molecule has 0 saturated carbocycles. The van der Waals surface area contributed by atoms with Crippen LogP contribution in [0.25, 0.3) is 5.65 Å². The molecule has 8 nitrogen and oxygen atoms in total. The second-order valence-electron chi connectivity index (χ2n) is 9.18. The number of amides is 1. The zero-order chi connectivity index (χ0) is 27.4. The van der Waals surface area contributed by atoms with Crippen LogP contribution in [0.2, 0.25) is 0 Å². The minimum Gasteiger partial charge on any atom is -0.307 e. The first-order valence-electron chi connectivity index (χ1n) is 12.5. The summed E-state index contributed by atoms with van der Waals surface area (Å²) in [6, 6.07) is 6.94. The van der Waals surface area contributed by atoms with E-state index in [-0.39, 0.29) is 23.5 Å². The number of pyridine rings is 1. The second-order valence-corrected chi connectivity index (χ2v) is 9.18. The number of nitrogens with one attached hydrogen (secondary N) is 1. The molecule has 1 fully saturated rings. The van der Waals surface area contributed by atoms with Gasteiger partial charge in [-0.15, -0.1) is 0 Å². The predicted molar refractivity (Wildman–Crippen MR) is 140 cm³/mol. The molecule has 200 valence electrons. The molecule has 1 saturated heterocycles. The van der Waals surface area contributed by atoms with Gasteiger partial charge in [0, 0.05) is 68.6 Å². The van der Waals surface area contributed by atoms with Crippen LogP contribution in [0.4, 0.5) is 19.0 Å². The summed E-state index contributed by atoms with van der Waals surface area (Å²) in [4.78, 5) is 29.6. The van der Waals surface area contributed by atoms with Crippen LogP contribution in [0.3, 0.4) is 0 Å². The third-order valence-electron chi connectivity index (χ3n) is 6.60. The Morgan fingerprint density at radius 3 is 2.56 bits per heavy atom. The lowest BCUT2D eigenvalue weighted by molar-refractivity contribution is -0.138. The molecule has 0 spiro atoms. The van der Waals surface area contributed by atoms with Crippen molar-refractivity contribution in [1.29, 1.82) is 0 Å². The normalized spacial score (nSPS) is 14.7. The van der Waals surface area contributed by atoms with Crippen molar-refractivity contribution in [2.24, 2.45) is 0 Å². The van der Waals surface area contributed by atoms with Gasteiger partial charge in [0.2, 0.25) is 0 Å². The van der Waals surface area contributed by atoms with Gasteiger partial charge in [-0.05, 0) is 42.3 Å². The van der Waals surface area contributed by atoms with Crippen molar-refractivity contribution < 1.29 is 18.0 Å². The highest BCUT2D eigenvalue weighted by Gasteiger charge is 2.34. The van der Waals surface area contributed by atoms with E-state index in [1.165, 1.54) is 18.3 Å². The molecule has 4 aromatic rings. The molecule has 0 unspecified atom stereocenters. The summed E-state index contributed by atoms with van der Waals surface area (Å²) in [7, 11) is 0. The van der Waals surface area contributed by atoms with Crippen molar-refractivity contribution in [2.45, 2.75) is 19.6 Å². The molecule has 1 N–H and O–H groups in total. The first kappa shape index (κ1) is 26.3. The van der Waals surface area contributed by atoms with Crippen molar-refractivity contribution in [3.05, 3.63) is 89.3 Å². The number of alkyl halides is 3. The third kappa shape index (κ3) is 6.42. The summed E-state index contributed by atoms with van der Waals surface area (Å²) in [5.41, 5.74) is 1.03. The SMILES string of the molecule is CCN1CCN(Cc2ccc(C(=O)Nc3cc(C#Cc4cn5ccnc5cn4)ccn3)cc2C(F)(F)F)CC1. The average molecular weight is 534 g/mol. The molecule has 4 heterocycles. The van der Waals surface area contributed by atoms with Gasteiger partial charge < -0.3 is 14.6 Å². The highest BCUT2D eigenvalue weighted by atomic mass is 19.4. The fraction of sp³-hybridized carbons (Fsp3) is 0.286. The Bertz CT molecular complexity index is 1550. The highest BCUT2D eigenvalue weighted by molar-refractivity contribution is 6.04. The van der Waals surface area contributed by atoms with Gasteiger partial charge in [0.05, 0.1) is 11.8 Å². The summed E-state index contributed by atoms with van der Waals surface area (Å²) >= 11 is 0. The summed E-state index contributed by atoms with van der Waals surface area (Å²) in [5.74, 6) is 5.39. The molecule has 1 aliphatic rings. The van der Waals surface area contributed by atoms with E-state index in [9.17, 15) is 18.0 Å². The molecular formula is C28H26F3N7O. The molecule has 0 aliphatic carbocycles. The number of hydrogen-bond acceptors (Lipinski definition) is 6. The van der Waals surface area contributed by atoms with Gasteiger partial charge in [-0.2, -0.15) is 13.2 Å². The summed E-state index contributed by atoms with van der Waals surface area (Å²) in [5, 5.41) is 2.58. The molecule has 5 rings (SSSR count). The monoisotopic (exact) mass is 533 g/mol. The Kier molecular flexibility index (Phi) is 7.58. The average Bonchev–Trinajstić information content (AvgIpc) is 3.40. The number of hydrogen-bond donors (Lipinski definition) is 1. The molecule has 39 heavy (non-hydrogen) atoms. The number of anilines is 1. The van der Waals surface area contributed by atoms with Gasteiger partial charge in [0.15, 0.2) is 5.65 Å². The predicted octanol–water partition coefficient (Wildman–Crippen LogP) is 3.93. The number of fused-ring (bicyclic) bond motifs is 1. The lowest BCUT2D eigenvalue weighted by Crippen LogP contribution is -2.45. The van der Waals surface area contributed by atoms with Crippen LogP contribution in [0.15, 0.2) is 61.3 Å². The molecular weight excluding hydrogens is 507 g/mol. The van der Waals surface area contributed by atoms with E-state index in [2.05, 4.69) is 43.9 Å². The van der Waals surface area contributed by atoms with Crippen molar-refractivity contribution >= 4 is 17.4 Å². The van der Waals surface area contributed by atoms with Crippen LogP contribution in [0.5, 0.6) is 0 Å². The molecule has 11 heteroatoms. The van der Waals surface area contributed by atoms with Gasteiger partial charge in [-0.1, -0.05) is 18.9 Å². The summed E-state index contributed by atoms with van der Waals surface area (Å²) < 4.78 is 43.6. The second kappa shape index (κ2) is 11.2. The highest BCUT2D eigenvalue weighted by Crippen LogP contribution is 2.33. The van der Waals surface area contributed by atoms with Crippen molar-refractivity contribution in [1.82, 2.24) is 29.2 Å². The number of halogens is 3. The smallest absolute Gasteiger partial charge is 0.307 e. The number of likely N-dealkylation sites (N-methyl/N-ethyl adjacent to an activating group) is 1. The Hall–Kier alpha value is -4.27. The van der Waals surface area contributed by atoms with Gasteiger partial charge in [-0.3, -0.25) is 9.69 Å². The quantitative estimate of drug-likeness (QED) is 0.392. The summed E-state index contributed by atoms with van der Waals surface area (Å²) in [6.45, 7) is 6.23. The lowest BCUT2D eigenvalue weighted by atomic mass is 10.0. The minimum atomic E-state index is -4.58. The Morgan fingerprint density at radius 1 is 1.00 bits per heavy atom. The standard InChI is InChI=1S/C28H26F3N7O/c1-2-36-11-13-37(14-12-36)18-22-5-4-21(16-24(22)28(29,30)31)27(39)35-25-15-20(7-8-32-25)3-6-23-19-38-10-9-33-26(38)17-34-23/h4-5,7-10,15-17,19H,2,11-14,18H2,1H3,(H,32,35,39). The van der Waals surface area contributed by atoms with E-state index in [0.717, 1.165) is 25.7 Å². The van der Waals surface area contributed by atoms with E-state index >= 15 is 0 Å². The van der Waals surface area contributed by atoms with Crippen LogP contribution in [-0.2, 0) is 12.7 Å². The maximum absolute atomic E-state index is 13.9. The molecule has 1 aliphatic heterocycles. The summed E-state index contributed by atoms with van der Waals surface area (Å²) in [6.07, 6.45) is 3.67. The topological polar surface area (TPSA) is 78.7 Å². The van der Waals surface area contributed by atoms with Gasteiger partial charge in [0.25, 0.3) is 5.91 Å². The third-order valence-corrected chi connectivity index (χ3v) is 6.60. The van der Waals surface area contributed by atoms with Crippen molar-refractivity contribution in [3.63, 3.8) is 0 Å². The fourth-order valence-corrected chi connectivity index (χ4v) is 4.42. The van der Waals surface area contributed by atoms with E-state index in [4.69, 9.17) is 0 Å². The largest absolute Gasteiger partial charge is 0.416 e. The molecule has 3 aromatic heterocycles. The first-order valence-corrected chi connectivity index (χ1v) is 12.5. The number of carbonyl (C=O) groups excluding carboxylic acids is 1. The number of benzene rings is 1. The van der Waals surface area contributed by atoms with Crippen LogP contribution < -0.4 is 5.32 Å². The number of rotatable bonds is 5. The van der Waals surface area contributed by atoms with E-state index in [1.54, 1.807) is 41.3 Å². The number of aromatic nitrogens is 4. The zero-order valence-corrected chi connectivity index (χ0v) is 21.2. The maximum atomic E-state index is 13.9. The molecule has 0 radical (unpaired) electrons. The molecule has 1 aromatic carbocycles. The number of piperazine rings is 1. The minimum absolute atomic E-state index is 0.0991.